The first-order valence-corrected chi connectivity index (χ1v) is 10.0. The number of para-hydroxylation sites is 1. The summed E-state index contributed by atoms with van der Waals surface area (Å²) >= 11 is 0. The average Bonchev–Trinajstić information content (AvgIpc) is 2.98. The monoisotopic (exact) mass is 389 g/mol. The van der Waals surface area contributed by atoms with Gasteiger partial charge in [-0.15, -0.1) is 0 Å². The van der Waals surface area contributed by atoms with Crippen molar-refractivity contribution in [3.05, 3.63) is 60.2 Å². The second kappa shape index (κ2) is 6.55. The molecule has 150 valence electrons. The highest BCUT2D eigenvalue weighted by Crippen LogP contribution is 2.69. The maximum Gasteiger partial charge on any atom is 0.239 e. The maximum atomic E-state index is 13.6. The van der Waals surface area contributed by atoms with E-state index >= 15 is 0 Å². The number of fused-ring (bicyclic) bond motifs is 2. The van der Waals surface area contributed by atoms with E-state index in [2.05, 4.69) is 22.8 Å². The van der Waals surface area contributed by atoms with E-state index in [1.165, 1.54) is 0 Å². The zero-order valence-corrected chi connectivity index (χ0v) is 17.4. The average molecular weight is 389 g/mol. The molecule has 5 heteroatoms. The van der Waals surface area contributed by atoms with Gasteiger partial charge in [0.15, 0.2) is 5.78 Å². The van der Waals surface area contributed by atoms with Crippen LogP contribution in [0.1, 0.15) is 39.2 Å². The Morgan fingerprint density at radius 2 is 1.59 bits per heavy atom. The fourth-order valence-corrected chi connectivity index (χ4v) is 4.98. The van der Waals surface area contributed by atoms with E-state index in [0.717, 1.165) is 17.7 Å². The van der Waals surface area contributed by atoms with Crippen LogP contribution in [-0.2, 0) is 9.59 Å². The molecule has 0 spiro atoms. The number of nitrogens with zero attached hydrogens (tertiary/aromatic N) is 1. The van der Waals surface area contributed by atoms with Crippen molar-refractivity contribution in [3.8, 4) is 0 Å². The summed E-state index contributed by atoms with van der Waals surface area (Å²) in [6.45, 7) is 8.11. The SMILES string of the molecule is Cc1ccc(NC(=O)C23CCC(C)(C(=NNc4ccccc4)C2=O)C3(C)C)cc1. The van der Waals surface area contributed by atoms with Gasteiger partial charge in [0, 0.05) is 11.1 Å². The molecule has 2 aromatic carbocycles. The maximum absolute atomic E-state index is 13.6. The van der Waals surface area contributed by atoms with Crippen LogP contribution in [0.15, 0.2) is 59.7 Å². The van der Waals surface area contributed by atoms with Crippen molar-refractivity contribution in [3.63, 3.8) is 0 Å². The Hall–Kier alpha value is -2.95. The molecule has 0 radical (unpaired) electrons. The molecule has 2 aliphatic rings. The number of nitrogens with one attached hydrogen (secondary N) is 2. The summed E-state index contributed by atoms with van der Waals surface area (Å²) < 4.78 is 0. The van der Waals surface area contributed by atoms with Crippen LogP contribution in [0.5, 0.6) is 0 Å². The van der Waals surface area contributed by atoms with Gasteiger partial charge in [-0.2, -0.15) is 5.10 Å². The molecular weight excluding hydrogens is 362 g/mol. The first-order valence-electron chi connectivity index (χ1n) is 10.0. The third kappa shape index (κ3) is 2.64. The van der Waals surface area contributed by atoms with Gasteiger partial charge in [-0.1, -0.05) is 56.7 Å². The zero-order chi connectivity index (χ0) is 20.9. The lowest BCUT2D eigenvalue weighted by Crippen LogP contribution is -2.47. The molecular formula is C24H27N3O2. The number of carbonyl (C=O) groups is 2. The highest BCUT2D eigenvalue weighted by atomic mass is 16.2. The topological polar surface area (TPSA) is 70.6 Å². The fraction of sp³-hybridized carbons (Fsp3) is 0.375. The Morgan fingerprint density at radius 3 is 2.24 bits per heavy atom. The van der Waals surface area contributed by atoms with E-state index < -0.39 is 16.2 Å². The Morgan fingerprint density at radius 1 is 0.931 bits per heavy atom. The van der Waals surface area contributed by atoms with Gasteiger partial charge < -0.3 is 5.32 Å². The lowest BCUT2D eigenvalue weighted by atomic mass is 9.64. The molecule has 2 fully saturated rings. The summed E-state index contributed by atoms with van der Waals surface area (Å²) in [6.07, 6.45) is 1.29. The van der Waals surface area contributed by atoms with E-state index in [-0.39, 0.29) is 11.7 Å². The second-order valence-corrected chi connectivity index (χ2v) is 8.95. The third-order valence-electron chi connectivity index (χ3n) is 7.34. The van der Waals surface area contributed by atoms with E-state index in [9.17, 15) is 9.59 Å². The molecule has 2 bridgehead atoms. The van der Waals surface area contributed by atoms with E-state index in [4.69, 9.17) is 0 Å². The predicted molar refractivity (Wildman–Crippen MR) is 116 cm³/mol. The van der Waals surface area contributed by atoms with Crippen molar-refractivity contribution in [2.75, 3.05) is 10.7 Å². The Labute approximate surface area is 171 Å². The van der Waals surface area contributed by atoms with Crippen LogP contribution in [-0.4, -0.2) is 17.4 Å². The van der Waals surface area contributed by atoms with Crippen LogP contribution in [0.4, 0.5) is 11.4 Å². The fourth-order valence-electron chi connectivity index (χ4n) is 4.98. The summed E-state index contributed by atoms with van der Waals surface area (Å²) in [7, 11) is 0. The molecule has 0 saturated heterocycles. The van der Waals surface area contributed by atoms with E-state index in [0.29, 0.717) is 17.8 Å². The van der Waals surface area contributed by atoms with Crippen molar-refractivity contribution < 1.29 is 9.59 Å². The standard InChI is InChI=1S/C24H27N3O2/c1-16-10-12-17(13-11-16)25-21(29)24-15-14-23(4,22(24,2)3)19(20(24)28)27-26-18-8-6-5-7-9-18/h5-13,26H,14-15H2,1-4H3,(H,25,29). The van der Waals surface area contributed by atoms with Gasteiger partial charge >= 0.3 is 0 Å². The summed E-state index contributed by atoms with van der Waals surface area (Å²) in [4.78, 5) is 27.0. The molecule has 5 nitrogen and oxygen atoms in total. The Balaban J connectivity index is 1.69. The van der Waals surface area contributed by atoms with E-state index in [1.54, 1.807) is 0 Å². The van der Waals surface area contributed by atoms with Gasteiger partial charge in [-0.25, -0.2) is 0 Å². The number of aryl methyl sites for hydroxylation is 1. The van der Waals surface area contributed by atoms with Crippen molar-refractivity contribution in [2.24, 2.45) is 21.3 Å². The minimum Gasteiger partial charge on any atom is -0.325 e. The van der Waals surface area contributed by atoms with Gasteiger partial charge in [0.25, 0.3) is 0 Å². The van der Waals surface area contributed by atoms with Crippen LogP contribution in [0, 0.1) is 23.2 Å². The van der Waals surface area contributed by atoms with Gasteiger partial charge in [0.05, 0.1) is 5.69 Å². The smallest absolute Gasteiger partial charge is 0.239 e. The number of hydrogen-bond donors (Lipinski definition) is 2. The summed E-state index contributed by atoms with van der Waals surface area (Å²) in [6, 6.07) is 17.2. The van der Waals surface area contributed by atoms with E-state index in [1.807, 2.05) is 75.4 Å². The number of rotatable bonds is 4. The highest BCUT2D eigenvalue weighted by Gasteiger charge is 2.76. The largest absolute Gasteiger partial charge is 0.325 e. The highest BCUT2D eigenvalue weighted by molar-refractivity contribution is 6.51. The van der Waals surface area contributed by atoms with Gasteiger partial charge in [-0.3, -0.25) is 15.0 Å². The molecule has 2 saturated carbocycles. The van der Waals surface area contributed by atoms with Crippen LogP contribution in [0.25, 0.3) is 0 Å². The summed E-state index contributed by atoms with van der Waals surface area (Å²) in [5.41, 5.74) is 4.02. The van der Waals surface area contributed by atoms with Gasteiger partial charge in [0.1, 0.15) is 11.1 Å². The van der Waals surface area contributed by atoms with Crippen LogP contribution in [0.2, 0.25) is 0 Å². The van der Waals surface area contributed by atoms with Crippen molar-refractivity contribution in [2.45, 2.75) is 40.5 Å². The molecule has 0 heterocycles. The minimum absolute atomic E-state index is 0.163. The van der Waals surface area contributed by atoms with Crippen molar-refractivity contribution >= 4 is 28.8 Å². The second-order valence-electron chi connectivity index (χ2n) is 8.95. The lowest BCUT2D eigenvalue weighted by Gasteiger charge is -2.37. The quantitative estimate of drug-likeness (QED) is 0.583. The normalized spacial score (nSPS) is 28.6. The van der Waals surface area contributed by atoms with Crippen LogP contribution < -0.4 is 10.7 Å². The number of hydrazone groups is 1. The summed E-state index contributed by atoms with van der Waals surface area (Å²) in [5, 5.41) is 7.50. The molecule has 2 N–H and O–H groups in total. The zero-order valence-electron chi connectivity index (χ0n) is 17.4. The molecule has 2 atom stereocenters. The van der Waals surface area contributed by atoms with Gasteiger partial charge in [-0.05, 0) is 49.4 Å². The number of carbonyl (C=O) groups excluding carboxylic acids is 2. The van der Waals surface area contributed by atoms with Crippen molar-refractivity contribution in [1.29, 1.82) is 0 Å². The van der Waals surface area contributed by atoms with Gasteiger partial charge in [0.2, 0.25) is 5.91 Å². The van der Waals surface area contributed by atoms with Crippen LogP contribution >= 0.6 is 0 Å². The van der Waals surface area contributed by atoms with Crippen molar-refractivity contribution in [1.82, 2.24) is 0 Å². The molecule has 2 aromatic rings. The number of benzene rings is 2. The molecule has 2 unspecified atom stereocenters. The lowest BCUT2D eigenvalue weighted by molar-refractivity contribution is -0.139. The molecule has 2 aliphatic carbocycles. The Kier molecular flexibility index (Phi) is 4.37. The molecule has 29 heavy (non-hydrogen) atoms. The molecule has 4 rings (SSSR count). The molecule has 0 aromatic heterocycles. The number of anilines is 2. The number of ketones is 1. The third-order valence-corrected chi connectivity index (χ3v) is 7.34. The predicted octanol–water partition coefficient (Wildman–Crippen LogP) is 4.80. The van der Waals surface area contributed by atoms with Crippen LogP contribution in [0.3, 0.4) is 0 Å². The Bertz CT molecular complexity index is 995. The number of Topliss-reactive ketones (excluding diaryl/α,β-unsaturated/α-hetero) is 1. The molecule has 1 amide bonds. The summed E-state index contributed by atoms with van der Waals surface area (Å²) in [5.74, 6) is -0.394. The molecule has 0 aliphatic heterocycles. The minimum atomic E-state index is -1.11. The number of amides is 1. The number of hydrogen-bond acceptors (Lipinski definition) is 4. The first kappa shape index (κ1) is 19.4. The first-order chi connectivity index (χ1) is 13.7.